The molecule has 0 aliphatic rings. The summed E-state index contributed by atoms with van der Waals surface area (Å²) in [5.41, 5.74) is 1.99. The molecule has 2 heterocycles. The standard InChI is InChI=1S/C22H27N3O2/c1-15(2)13-22(3,14-16-8-6-5-7-9-16)25-20(26)18-12-17-10-11-23-19(17)24-21(18)27-4/h5-12,15H,13-14H2,1-4H3,(H,23,24)(H,25,26). The molecule has 0 aliphatic heterocycles. The lowest BCUT2D eigenvalue weighted by Crippen LogP contribution is -2.48. The molecule has 3 rings (SSSR count). The van der Waals surface area contributed by atoms with Crippen molar-refractivity contribution in [3.05, 3.63) is 59.8 Å². The van der Waals surface area contributed by atoms with Crippen LogP contribution in [-0.4, -0.2) is 28.5 Å². The van der Waals surface area contributed by atoms with Crippen molar-refractivity contribution in [1.82, 2.24) is 15.3 Å². The molecule has 0 bridgehead atoms. The largest absolute Gasteiger partial charge is 0.480 e. The van der Waals surface area contributed by atoms with E-state index in [4.69, 9.17) is 4.74 Å². The third-order valence-electron chi connectivity index (χ3n) is 4.65. The monoisotopic (exact) mass is 365 g/mol. The zero-order valence-electron chi connectivity index (χ0n) is 16.4. The maximum Gasteiger partial charge on any atom is 0.257 e. The van der Waals surface area contributed by atoms with Crippen molar-refractivity contribution in [3.8, 4) is 5.88 Å². The molecule has 0 aliphatic carbocycles. The predicted molar refractivity (Wildman–Crippen MR) is 108 cm³/mol. The fourth-order valence-corrected chi connectivity index (χ4v) is 3.74. The van der Waals surface area contributed by atoms with Crippen LogP contribution in [0.5, 0.6) is 5.88 Å². The zero-order chi connectivity index (χ0) is 19.4. The maximum absolute atomic E-state index is 13.1. The Kier molecular flexibility index (Phi) is 5.49. The number of hydrogen-bond donors (Lipinski definition) is 2. The molecule has 2 aromatic heterocycles. The number of pyridine rings is 1. The van der Waals surface area contributed by atoms with Crippen molar-refractivity contribution in [2.24, 2.45) is 5.92 Å². The molecule has 1 atom stereocenters. The molecule has 3 aromatic rings. The van der Waals surface area contributed by atoms with Crippen molar-refractivity contribution in [2.75, 3.05) is 7.11 Å². The highest BCUT2D eigenvalue weighted by atomic mass is 16.5. The van der Waals surface area contributed by atoms with Crippen LogP contribution in [0.1, 0.15) is 43.1 Å². The minimum absolute atomic E-state index is 0.165. The van der Waals surface area contributed by atoms with Gasteiger partial charge in [-0.1, -0.05) is 44.2 Å². The number of aromatic amines is 1. The van der Waals surface area contributed by atoms with Gasteiger partial charge in [0.2, 0.25) is 5.88 Å². The quantitative estimate of drug-likeness (QED) is 0.654. The van der Waals surface area contributed by atoms with Gasteiger partial charge < -0.3 is 15.0 Å². The minimum atomic E-state index is -0.370. The summed E-state index contributed by atoms with van der Waals surface area (Å²) >= 11 is 0. The topological polar surface area (TPSA) is 67.0 Å². The lowest BCUT2D eigenvalue weighted by Gasteiger charge is -2.33. The van der Waals surface area contributed by atoms with Crippen molar-refractivity contribution < 1.29 is 9.53 Å². The minimum Gasteiger partial charge on any atom is -0.480 e. The summed E-state index contributed by atoms with van der Waals surface area (Å²) in [7, 11) is 1.53. The van der Waals surface area contributed by atoms with Crippen molar-refractivity contribution in [1.29, 1.82) is 0 Å². The second-order valence-electron chi connectivity index (χ2n) is 7.74. The van der Waals surface area contributed by atoms with Gasteiger partial charge in [-0.2, -0.15) is 4.98 Å². The molecule has 142 valence electrons. The van der Waals surface area contributed by atoms with Crippen LogP contribution in [0.4, 0.5) is 0 Å². The molecule has 2 N–H and O–H groups in total. The van der Waals surface area contributed by atoms with E-state index < -0.39 is 0 Å². The van der Waals surface area contributed by atoms with Crippen LogP contribution >= 0.6 is 0 Å². The van der Waals surface area contributed by atoms with E-state index in [0.717, 1.165) is 18.2 Å². The number of amides is 1. The van der Waals surface area contributed by atoms with E-state index in [1.807, 2.05) is 30.3 Å². The number of methoxy groups -OCH3 is 1. The summed E-state index contributed by atoms with van der Waals surface area (Å²) in [4.78, 5) is 20.6. The molecule has 5 nitrogen and oxygen atoms in total. The normalized spacial score (nSPS) is 13.5. The lowest BCUT2D eigenvalue weighted by atomic mass is 9.84. The molecule has 0 radical (unpaired) electrons. The van der Waals surface area contributed by atoms with Crippen molar-refractivity contribution >= 4 is 16.9 Å². The number of rotatable bonds is 7. The van der Waals surface area contributed by atoms with Crippen LogP contribution in [0, 0.1) is 5.92 Å². The summed E-state index contributed by atoms with van der Waals surface area (Å²) in [5.74, 6) is 0.613. The molecule has 0 fully saturated rings. The smallest absolute Gasteiger partial charge is 0.257 e. The summed E-state index contributed by atoms with van der Waals surface area (Å²) in [6.45, 7) is 6.44. The highest BCUT2D eigenvalue weighted by molar-refractivity contribution is 5.99. The molecule has 0 saturated heterocycles. The first kappa shape index (κ1) is 19.0. The van der Waals surface area contributed by atoms with Gasteiger partial charge in [-0.05, 0) is 43.4 Å². The van der Waals surface area contributed by atoms with Crippen LogP contribution in [0.15, 0.2) is 48.7 Å². The van der Waals surface area contributed by atoms with E-state index >= 15 is 0 Å². The highest BCUT2D eigenvalue weighted by Gasteiger charge is 2.29. The first-order valence-corrected chi connectivity index (χ1v) is 9.29. The fraction of sp³-hybridized carbons (Fsp3) is 0.364. The first-order valence-electron chi connectivity index (χ1n) is 9.29. The van der Waals surface area contributed by atoms with Crippen LogP contribution in [0.3, 0.4) is 0 Å². The summed E-state index contributed by atoms with van der Waals surface area (Å²) in [6, 6.07) is 14.0. The zero-order valence-corrected chi connectivity index (χ0v) is 16.4. The van der Waals surface area contributed by atoms with E-state index in [0.29, 0.717) is 23.0 Å². The van der Waals surface area contributed by atoms with Crippen molar-refractivity contribution in [2.45, 2.75) is 39.2 Å². The van der Waals surface area contributed by atoms with Crippen LogP contribution in [0.2, 0.25) is 0 Å². The van der Waals surface area contributed by atoms with E-state index in [9.17, 15) is 4.79 Å². The Labute approximate surface area is 160 Å². The van der Waals surface area contributed by atoms with Gasteiger partial charge in [0.1, 0.15) is 11.2 Å². The van der Waals surface area contributed by atoms with Crippen LogP contribution in [-0.2, 0) is 6.42 Å². The van der Waals surface area contributed by atoms with Gasteiger partial charge in [-0.3, -0.25) is 4.79 Å². The van der Waals surface area contributed by atoms with E-state index in [1.54, 1.807) is 6.20 Å². The third kappa shape index (κ3) is 4.48. The number of ether oxygens (including phenoxy) is 1. The molecule has 0 spiro atoms. The number of fused-ring (bicyclic) bond motifs is 1. The second kappa shape index (κ2) is 7.82. The maximum atomic E-state index is 13.1. The number of H-pyrrole nitrogens is 1. The summed E-state index contributed by atoms with van der Waals surface area (Å²) < 4.78 is 5.37. The number of nitrogens with one attached hydrogen (secondary N) is 2. The molecule has 27 heavy (non-hydrogen) atoms. The van der Waals surface area contributed by atoms with Gasteiger partial charge in [0.15, 0.2) is 0 Å². The van der Waals surface area contributed by atoms with Crippen molar-refractivity contribution in [3.63, 3.8) is 0 Å². The van der Waals surface area contributed by atoms with E-state index in [-0.39, 0.29) is 11.4 Å². The van der Waals surface area contributed by atoms with Gasteiger partial charge in [0.05, 0.1) is 7.11 Å². The van der Waals surface area contributed by atoms with Gasteiger partial charge in [-0.15, -0.1) is 0 Å². The number of benzene rings is 1. The summed E-state index contributed by atoms with van der Waals surface area (Å²) in [6.07, 6.45) is 3.44. The average molecular weight is 365 g/mol. The SMILES string of the molecule is COc1nc2[nH]ccc2cc1C(=O)NC(C)(Cc1ccccc1)CC(C)C. The van der Waals surface area contributed by atoms with Crippen LogP contribution in [0.25, 0.3) is 11.0 Å². The number of carbonyl (C=O) groups is 1. The van der Waals surface area contributed by atoms with E-state index in [1.165, 1.54) is 12.7 Å². The summed E-state index contributed by atoms with van der Waals surface area (Å²) in [5, 5.41) is 4.14. The Morgan fingerprint density at radius 3 is 2.67 bits per heavy atom. The van der Waals surface area contributed by atoms with Gasteiger partial charge in [-0.25, -0.2) is 0 Å². The predicted octanol–water partition coefficient (Wildman–Crippen LogP) is 4.35. The average Bonchev–Trinajstić information content (AvgIpc) is 3.07. The molecular formula is C22H27N3O2. The molecule has 0 saturated carbocycles. The van der Waals surface area contributed by atoms with Gasteiger partial charge >= 0.3 is 0 Å². The molecule has 1 amide bonds. The van der Waals surface area contributed by atoms with Crippen LogP contribution < -0.4 is 10.1 Å². The second-order valence-corrected chi connectivity index (χ2v) is 7.74. The Morgan fingerprint density at radius 1 is 1.26 bits per heavy atom. The van der Waals surface area contributed by atoms with Gasteiger partial charge in [0, 0.05) is 17.1 Å². The number of hydrogen-bond acceptors (Lipinski definition) is 3. The molecule has 1 aromatic carbocycles. The Bertz CT molecular complexity index is 918. The number of nitrogens with zero attached hydrogens (tertiary/aromatic N) is 1. The third-order valence-corrected chi connectivity index (χ3v) is 4.65. The van der Waals surface area contributed by atoms with E-state index in [2.05, 4.69) is 48.2 Å². The fourth-order valence-electron chi connectivity index (χ4n) is 3.74. The lowest BCUT2D eigenvalue weighted by molar-refractivity contribution is 0.0890. The molecular weight excluding hydrogens is 338 g/mol. The number of carbonyl (C=O) groups excluding carboxylic acids is 1. The number of aromatic nitrogens is 2. The molecule has 1 unspecified atom stereocenters. The molecule has 5 heteroatoms. The Hall–Kier alpha value is -2.82. The highest BCUT2D eigenvalue weighted by Crippen LogP contribution is 2.25. The Balaban J connectivity index is 1.90. The first-order chi connectivity index (χ1) is 12.9. The van der Waals surface area contributed by atoms with Gasteiger partial charge in [0.25, 0.3) is 5.91 Å². The Morgan fingerprint density at radius 2 is 2.00 bits per heavy atom.